The summed E-state index contributed by atoms with van der Waals surface area (Å²) < 4.78 is 10.9. The lowest BCUT2D eigenvalue weighted by Gasteiger charge is -2.18. The van der Waals surface area contributed by atoms with Gasteiger partial charge in [0.05, 0.1) is 14.2 Å². The van der Waals surface area contributed by atoms with Gasteiger partial charge in [0.1, 0.15) is 11.5 Å². The first kappa shape index (κ1) is 13.2. The molecule has 100 valence electrons. The smallest absolute Gasteiger partial charge is 0.125 e. The third-order valence-electron chi connectivity index (χ3n) is 3.80. The molecular formula is C15H23NO2. The summed E-state index contributed by atoms with van der Waals surface area (Å²) >= 11 is 0. The largest absolute Gasteiger partial charge is 0.496 e. The van der Waals surface area contributed by atoms with E-state index >= 15 is 0 Å². The zero-order chi connectivity index (χ0) is 13.0. The number of benzene rings is 1. The summed E-state index contributed by atoms with van der Waals surface area (Å²) in [6, 6.07) is 6.60. The Morgan fingerprint density at radius 1 is 1.22 bits per heavy atom. The molecule has 1 fully saturated rings. The number of hydrogen-bond donors (Lipinski definition) is 1. The van der Waals surface area contributed by atoms with Gasteiger partial charge in [-0.05, 0) is 50.8 Å². The van der Waals surface area contributed by atoms with Gasteiger partial charge in [0.15, 0.2) is 0 Å². The summed E-state index contributed by atoms with van der Waals surface area (Å²) in [6.45, 7) is 0. The first-order valence-corrected chi connectivity index (χ1v) is 6.67. The molecule has 1 saturated carbocycles. The van der Waals surface area contributed by atoms with Crippen LogP contribution in [0.2, 0.25) is 0 Å². The summed E-state index contributed by atoms with van der Waals surface area (Å²) in [5.41, 5.74) is 1.18. The molecule has 0 amide bonds. The molecule has 1 aromatic carbocycles. The second kappa shape index (κ2) is 6.10. The molecule has 0 saturated heterocycles. The molecule has 0 aliphatic heterocycles. The fourth-order valence-corrected chi connectivity index (χ4v) is 2.59. The van der Waals surface area contributed by atoms with Crippen LogP contribution in [-0.4, -0.2) is 27.3 Å². The van der Waals surface area contributed by atoms with E-state index in [0.29, 0.717) is 6.04 Å². The van der Waals surface area contributed by atoms with E-state index in [9.17, 15) is 0 Å². The van der Waals surface area contributed by atoms with Crippen LogP contribution in [0.25, 0.3) is 0 Å². The Morgan fingerprint density at radius 2 is 1.83 bits per heavy atom. The molecule has 1 aliphatic rings. The fourth-order valence-electron chi connectivity index (χ4n) is 2.59. The van der Waals surface area contributed by atoms with Gasteiger partial charge in [-0.25, -0.2) is 0 Å². The zero-order valence-electron chi connectivity index (χ0n) is 11.5. The molecule has 2 rings (SSSR count). The molecular weight excluding hydrogens is 226 g/mol. The number of ether oxygens (including phenoxy) is 2. The number of hydrogen-bond acceptors (Lipinski definition) is 3. The third kappa shape index (κ3) is 2.96. The van der Waals surface area contributed by atoms with E-state index in [0.717, 1.165) is 30.3 Å². The van der Waals surface area contributed by atoms with E-state index in [2.05, 4.69) is 12.4 Å². The first-order chi connectivity index (χ1) is 8.80. The lowest BCUT2D eigenvalue weighted by atomic mass is 10.0. The maximum Gasteiger partial charge on any atom is 0.125 e. The predicted molar refractivity (Wildman–Crippen MR) is 73.4 cm³/mol. The maximum atomic E-state index is 5.43. The van der Waals surface area contributed by atoms with Gasteiger partial charge in [0.2, 0.25) is 0 Å². The van der Waals surface area contributed by atoms with Crippen molar-refractivity contribution in [3.63, 3.8) is 0 Å². The Kier molecular flexibility index (Phi) is 4.48. The standard InChI is InChI=1S/C15H23NO2/c1-16-13(11-7-8-11)10-9-12-14(17-2)5-4-6-15(12)18-3/h4-6,11,13,16H,7-10H2,1-3H3. The highest BCUT2D eigenvalue weighted by molar-refractivity contribution is 5.44. The minimum Gasteiger partial charge on any atom is -0.496 e. The first-order valence-electron chi connectivity index (χ1n) is 6.67. The van der Waals surface area contributed by atoms with Gasteiger partial charge in [0, 0.05) is 11.6 Å². The Morgan fingerprint density at radius 3 is 2.28 bits per heavy atom. The lowest BCUT2D eigenvalue weighted by Crippen LogP contribution is -2.27. The van der Waals surface area contributed by atoms with Gasteiger partial charge in [-0.1, -0.05) is 6.07 Å². The van der Waals surface area contributed by atoms with E-state index < -0.39 is 0 Å². The zero-order valence-corrected chi connectivity index (χ0v) is 11.5. The summed E-state index contributed by atoms with van der Waals surface area (Å²) in [6.07, 6.45) is 4.87. The highest BCUT2D eigenvalue weighted by Gasteiger charge is 2.30. The van der Waals surface area contributed by atoms with Crippen molar-refractivity contribution >= 4 is 0 Å². The minimum absolute atomic E-state index is 0.625. The van der Waals surface area contributed by atoms with Gasteiger partial charge in [-0.15, -0.1) is 0 Å². The van der Waals surface area contributed by atoms with Crippen molar-refractivity contribution in [1.29, 1.82) is 0 Å². The quantitative estimate of drug-likeness (QED) is 0.806. The molecule has 1 unspecified atom stereocenters. The maximum absolute atomic E-state index is 5.43. The highest BCUT2D eigenvalue weighted by Crippen LogP contribution is 2.36. The summed E-state index contributed by atoms with van der Waals surface area (Å²) in [7, 11) is 5.49. The van der Waals surface area contributed by atoms with Crippen molar-refractivity contribution in [3.05, 3.63) is 23.8 Å². The average molecular weight is 249 g/mol. The molecule has 1 aromatic rings. The topological polar surface area (TPSA) is 30.5 Å². The van der Waals surface area contributed by atoms with E-state index in [1.807, 2.05) is 18.2 Å². The van der Waals surface area contributed by atoms with Crippen LogP contribution in [0.4, 0.5) is 0 Å². The van der Waals surface area contributed by atoms with Crippen LogP contribution < -0.4 is 14.8 Å². The van der Waals surface area contributed by atoms with Crippen LogP contribution in [0.15, 0.2) is 18.2 Å². The Labute approximate surface area is 109 Å². The molecule has 0 heterocycles. The van der Waals surface area contributed by atoms with E-state index in [-0.39, 0.29) is 0 Å². The minimum atomic E-state index is 0.625. The van der Waals surface area contributed by atoms with Crippen molar-refractivity contribution in [3.8, 4) is 11.5 Å². The van der Waals surface area contributed by atoms with Crippen molar-refractivity contribution < 1.29 is 9.47 Å². The van der Waals surface area contributed by atoms with Crippen LogP contribution in [0, 0.1) is 5.92 Å². The van der Waals surface area contributed by atoms with Crippen LogP contribution in [-0.2, 0) is 6.42 Å². The Balaban J connectivity index is 2.06. The van der Waals surface area contributed by atoms with Gasteiger partial charge in [-0.3, -0.25) is 0 Å². The van der Waals surface area contributed by atoms with Crippen LogP contribution in [0.3, 0.4) is 0 Å². The summed E-state index contributed by atoms with van der Waals surface area (Å²) in [4.78, 5) is 0. The molecule has 1 atom stereocenters. The highest BCUT2D eigenvalue weighted by atomic mass is 16.5. The van der Waals surface area contributed by atoms with Crippen molar-refractivity contribution in [2.45, 2.75) is 31.7 Å². The van der Waals surface area contributed by atoms with Crippen LogP contribution in [0.1, 0.15) is 24.8 Å². The molecule has 0 radical (unpaired) electrons. The summed E-state index contributed by atoms with van der Waals surface area (Å²) in [5.74, 6) is 2.73. The molecule has 3 nitrogen and oxygen atoms in total. The second-order valence-electron chi connectivity index (χ2n) is 4.91. The van der Waals surface area contributed by atoms with Gasteiger partial charge >= 0.3 is 0 Å². The third-order valence-corrected chi connectivity index (χ3v) is 3.80. The van der Waals surface area contributed by atoms with Crippen LogP contribution in [0.5, 0.6) is 11.5 Å². The van der Waals surface area contributed by atoms with E-state index in [1.54, 1.807) is 14.2 Å². The van der Waals surface area contributed by atoms with Gasteiger partial charge < -0.3 is 14.8 Å². The number of methoxy groups -OCH3 is 2. The van der Waals surface area contributed by atoms with Crippen LogP contribution >= 0.6 is 0 Å². The second-order valence-corrected chi connectivity index (χ2v) is 4.91. The SMILES string of the molecule is CNC(CCc1c(OC)cccc1OC)C1CC1. The molecule has 1 N–H and O–H groups in total. The number of nitrogens with one attached hydrogen (secondary N) is 1. The molecule has 0 aromatic heterocycles. The average Bonchev–Trinajstić information content (AvgIpc) is 3.24. The summed E-state index contributed by atoms with van der Waals surface area (Å²) in [5, 5.41) is 3.43. The molecule has 18 heavy (non-hydrogen) atoms. The Bertz CT molecular complexity index is 366. The van der Waals surface area contributed by atoms with E-state index in [1.165, 1.54) is 18.4 Å². The van der Waals surface area contributed by atoms with Crippen molar-refractivity contribution in [2.75, 3.05) is 21.3 Å². The van der Waals surface area contributed by atoms with Crippen molar-refractivity contribution in [2.24, 2.45) is 5.92 Å². The molecule has 1 aliphatic carbocycles. The molecule has 0 bridgehead atoms. The molecule has 3 heteroatoms. The number of rotatable bonds is 7. The van der Waals surface area contributed by atoms with E-state index in [4.69, 9.17) is 9.47 Å². The Hall–Kier alpha value is -1.22. The van der Waals surface area contributed by atoms with Gasteiger partial charge in [0.25, 0.3) is 0 Å². The predicted octanol–water partition coefficient (Wildman–Crippen LogP) is 2.63. The normalized spacial score (nSPS) is 16.4. The monoisotopic (exact) mass is 249 g/mol. The fraction of sp³-hybridized carbons (Fsp3) is 0.600. The van der Waals surface area contributed by atoms with Crippen molar-refractivity contribution in [1.82, 2.24) is 5.32 Å². The van der Waals surface area contributed by atoms with Gasteiger partial charge in [-0.2, -0.15) is 0 Å². The lowest BCUT2D eigenvalue weighted by molar-refractivity contribution is 0.380. The molecule has 0 spiro atoms.